The molecular weight excluding hydrogens is 643 g/mol. The molecule has 2 heteroatoms. The number of hydrogen-bond donors (Lipinski definition) is 0. The third-order valence-corrected chi connectivity index (χ3v) is 12.4. The van der Waals surface area contributed by atoms with Crippen molar-refractivity contribution < 1.29 is 4.42 Å². The molecule has 0 saturated carbocycles. The van der Waals surface area contributed by atoms with Gasteiger partial charge in [0.25, 0.3) is 0 Å². The Labute approximate surface area is 306 Å². The average Bonchev–Trinajstić information content (AvgIpc) is 3.83. The van der Waals surface area contributed by atoms with Crippen molar-refractivity contribution in [3.63, 3.8) is 0 Å². The van der Waals surface area contributed by atoms with E-state index in [0.29, 0.717) is 0 Å². The summed E-state index contributed by atoms with van der Waals surface area (Å²) in [6.45, 7) is 4.82. The Morgan fingerprint density at radius 1 is 0.528 bits per heavy atom. The summed E-state index contributed by atoms with van der Waals surface area (Å²) in [6, 6.07) is 51.6. The molecule has 10 aromatic rings. The van der Waals surface area contributed by atoms with Gasteiger partial charge in [0.2, 0.25) is 0 Å². The fourth-order valence-electron chi connectivity index (χ4n) is 10.2. The second kappa shape index (κ2) is 10.4. The summed E-state index contributed by atoms with van der Waals surface area (Å²) >= 11 is 0. The zero-order valence-electron chi connectivity index (χ0n) is 29.7. The number of benzene rings is 8. The second-order valence-corrected chi connectivity index (χ2v) is 15.5. The van der Waals surface area contributed by atoms with Crippen molar-refractivity contribution >= 4 is 81.6 Å². The van der Waals surface area contributed by atoms with Gasteiger partial charge in [0.05, 0.1) is 11.6 Å². The Bertz CT molecular complexity index is 3260. The highest BCUT2D eigenvalue weighted by molar-refractivity contribution is 6.25. The Morgan fingerprint density at radius 2 is 1.13 bits per heavy atom. The van der Waals surface area contributed by atoms with E-state index in [2.05, 4.69) is 176 Å². The van der Waals surface area contributed by atoms with E-state index in [4.69, 9.17) is 4.42 Å². The fraction of sp³-hybridized carbons (Fsp3) is 0.0980. The first kappa shape index (κ1) is 29.2. The Kier molecular flexibility index (Phi) is 5.71. The molecule has 0 spiro atoms. The van der Waals surface area contributed by atoms with Crippen LogP contribution >= 0.6 is 0 Å². The zero-order chi connectivity index (χ0) is 35.0. The minimum absolute atomic E-state index is 0.209. The lowest BCUT2D eigenvalue weighted by atomic mass is 9.79. The lowest BCUT2D eigenvalue weighted by Crippen LogP contribution is -2.16. The Balaban J connectivity index is 0.994. The summed E-state index contributed by atoms with van der Waals surface area (Å²) in [6.07, 6.45) is 8.16. The number of para-hydroxylation sites is 2. The number of furan rings is 1. The Hall–Kier alpha value is -6.38. The first-order chi connectivity index (χ1) is 26.1. The van der Waals surface area contributed by atoms with Gasteiger partial charge < -0.3 is 8.98 Å². The molecule has 2 nitrogen and oxygen atoms in total. The summed E-state index contributed by atoms with van der Waals surface area (Å²) < 4.78 is 8.99. The zero-order valence-corrected chi connectivity index (χ0v) is 29.7. The SMILES string of the molecule is CC1(C)c2c(ccc3oc4ccccc4c23)-c2ccc3c(c21)c1ccccc1n3C1C=CC(c2ccc3c4ccccc4c4ccccc4c3c2)=CC1. The predicted octanol–water partition coefficient (Wildman–Crippen LogP) is 14.0. The van der Waals surface area contributed by atoms with Crippen molar-refractivity contribution in [3.05, 3.63) is 174 Å². The molecule has 2 heterocycles. The van der Waals surface area contributed by atoms with Gasteiger partial charge in [-0.2, -0.15) is 0 Å². The molecular formula is C51H35NO. The first-order valence-corrected chi connectivity index (χ1v) is 18.8. The van der Waals surface area contributed by atoms with Crippen LogP contribution in [0.1, 0.15) is 43.0 Å². The largest absolute Gasteiger partial charge is 0.456 e. The Morgan fingerprint density at radius 3 is 1.85 bits per heavy atom. The topological polar surface area (TPSA) is 18.1 Å². The molecule has 8 aromatic carbocycles. The monoisotopic (exact) mass is 677 g/mol. The van der Waals surface area contributed by atoms with E-state index in [1.807, 2.05) is 0 Å². The minimum atomic E-state index is -0.216. The molecule has 0 aliphatic heterocycles. The highest BCUT2D eigenvalue weighted by atomic mass is 16.3. The van der Waals surface area contributed by atoms with Crippen LogP contribution in [0.15, 0.2) is 162 Å². The summed E-state index contributed by atoms with van der Waals surface area (Å²) in [4.78, 5) is 0. The lowest BCUT2D eigenvalue weighted by Gasteiger charge is -2.24. The van der Waals surface area contributed by atoms with Crippen LogP contribution in [0.4, 0.5) is 0 Å². The quantitative estimate of drug-likeness (QED) is 0.167. The molecule has 2 aliphatic carbocycles. The third kappa shape index (κ3) is 3.83. The first-order valence-electron chi connectivity index (χ1n) is 18.8. The van der Waals surface area contributed by atoms with Crippen molar-refractivity contribution in [1.29, 1.82) is 0 Å². The van der Waals surface area contributed by atoms with E-state index in [-0.39, 0.29) is 11.5 Å². The van der Waals surface area contributed by atoms with Crippen LogP contribution < -0.4 is 0 Å². The van der Waals surface area contributed by atoms with Gasteiger partial charge in [0.1, 0.15) is 11.2 Å². The maximum Gasteiger partial charge on any atom is 0.135 e. The second-order valence-electron chi connectivity index (χ2n) is 15.5. The number of hydrogen-bond acceptors (Lipinski definition) is 1. The van der Waals surface area contributed by atoms with Gasteiger partial charge in [-0.25, -0.2) is 0 Å². The molecule has 53 heavy (non-hydrogen) atoms. The summed E-state index contributed by atoms with van der Waals surface area (Å²) in [5.74, 6) is 0. The molecule has 250 valence electrons. The summed E-state index contributed by atoms with van der Waals surface area (Å²) in [7, 11) is 0. The number of rotatable bonds is 2. The predicted molar refractivity (Wildman–Crippen MR) is 224 cm³/mol. The van der Waals surface area contributed by atoms with E-state index in [1.54, 1.807) is 0 Å². The van der Waals surface area contributed by atoms with Crippen molar-refractivity contribution in [3.8, 4) is 11.1 Å². The average molecular weight is 678 g/mol. The van der Waals surface area contributed by atoms with Gasteiger partial charge >= 0.3 is 0 Å². The van der Waals surface area contributed by atoms with Crippen molar-refractivity contribution in [2.75, 3.05) is 0 Å². The molecule has 1 unspecified atom stereocenters. The van der Waals surface area contributed by atoms with Gasteiger partial charge in [-0.15, -0.1) is 0 Å². The molecule has 1 atom stereocenters. The van der Waals surface area contributed by atoms with E-state index >= 15 is 0 Å². The van der Waals surface area contributed by atoms with Crippen LogP contribution in [-0.2, 0) is 5.41 Å². The molecule has 0 fully saturated rings. The number of fused-ring (bicyclic) bond motifs is 17. The van der Waals surface area contributed by atoms with Gasteiger partial charge in [0.15, 0.2) is 0 Å². The van der Waals surface area contributed by atoms with Gasteiger partial charge in [-0.3, -0.25) is 0 Å². The number of aromatic nitrogens is 1. The standard InChI is InChI=1S/C51H35NO/c1-51(2)49-38(39-26-28-46-48(50(39)51)41-16-8-10-18-45(41)53-46)25-27-44-47(49)40-15-7-9-17-43(40)52(44)32-22-19-30(20-23-32)31-21-24-37-35-13-4-3-11-33(35)34-12-5-6-14-36(34)42(37)29-31/h3-22,24-29,32H,23H2,1-2H3. The third-order valence-electron chi connectivity index (χ3n) is 12.4. The van der Waals surface area contributed by atoms with Gasteiger partial charge in [-0.1, -0.05) is 141 Å². The van der Waals surface area contributed by atoms with E-state index in [9.17, 15) is 0 Å². The lowest BCUT2D eigenvalue weighted by molar-refractivity contribution is 0.647. The van der Waals surface area contributed by atoms with E-state index < -0.39 is 0 Å². The maximum atomic E-state index is 6.39. The molecule has 0 amide bonds. The molecule has 0 N–H and O–H groups in total. The van der Waals surface area contributed by atoms with Crippen LogP contribution in [0.5, 0.6) is 0 Å². The maximum absolute atomic E-state index is 6.39. The highest BCUT2D eigenvalue weighted by Gasteiger charge is 2.40. The molecule has 0 radical (unpaired) electrons. The fourth-order valence-corrected chi connectivity index (χ4v) is 10.2. The van der Waals surface area contributed by atoms with Crippen LogP contribution in [0, 0.1) is 0 Å². The van der Waals surface area contributed by atoms with Crippen LogP contribution in [0.25, 0.3) is 92.8 Å². The normalized spacial score (nSPS) is 16.4. The van der Waals surface area contributed by atoms with Crippen LogP contribution in [0.3, 0.4) is 0 Å². The van der Waals surface area contributed by atoms with E-state index in [1.165, 1.54) is 98.3 Å². The van der Waals surface area contributed by atoms with Crippen molar-refractivity contribution in [1.82, 2.24) is 4.57 Å². The molecule has 2 aromatic heterocycles. The van der Waals surface area contributed by atoms with Gasteiger partial charge in [0, 0.05) is 32.5 Å². The van der Waals surface area contributed by atoms with Gasteiger partial charge in [-0.05, 0) is 102 Å². The van der Waals surface area contributed by atoms with Crippen molar-refractivity contribution in [2.45, 2.75) is 31.7 Å². The summed E-state index contributed by atoms with van der Waals surface area (Å²) in [5.41, 5.74) is 12.3. The number of nitrogens with zero attached hydrogens (tertiary/aromatic N) is 1. The molecule has 0 saturated heterocycles. The van der Waals surface area contributed by atoms with Crippen molar-refractivity contribution in [2.24, 2.45) is 0 Å². The van der Waals surface area contributed by atoms with E-state index in [0.717, 1.165) is 17.6 Å². The highest BCUT2D eigenvalue weighted by Crippen LogP contribution is 2.56. The summed E-state index contributed by atoms with van der Waals surface area (Å²) in [5, 5.41) is 13.0. The van der Waals surface area contributed by atoms with Crippen LogP contribution in [-0.4, -0.2) is 4.57 Å². The molecule has 12 rings (SSSR count). The minimum Gasteiger partial charge on any atom is -0.456 e. The van der Waals surface area contributed by atoms with Crippen LogP contribution in [0.2, 0.25) is 0 Å². The number of allylic oxidation sites excluding steroid dienone is 4. The molecule has 0 bridgehead atoms. The smallest absolute Gasteiger partial charge is 0.135 e. The molecule has 2 aliphatic rings.